The van der Waals surface area contributed by atoms with E-state index in [1.807, 2.05) is 12.1 Å². The van der Waals surface area contributed by atoms with Crippen LogP contribution in [0.5, 0.6) is 5.75 Å². The first-order valence-corrected chi connectivity index (χ1v) is 7.46. The van der Waals surface area contributed by atoms with Crippen LogP contribution in [0.15, 0.2) is 48.5 Å². The van der Waals surface area contributed by atoms with E-state index < -0.39 is 0 Å². The van der Waals surface area contributed by atoms with Crippen LogP contribution in [0, 0.1) is 0 Å². The molecule has 0 aliphatic carbocycles. The van der Waals surface area contributed by atoms with Gasteiger partial charge in [0.2, 0.25) is 0 Å². The summed E-state index contributed by atoms with van der Waals surface area (Å²) >= 11 is 5.85. The lowest BCUT2D eigenvalue weighted by Crippen LogP contribution is -2.10. The van der Waals surface area contributed by atoms with Crippen LogP contribution in [-0.4, -0.2) is 10.9 Å². The largest absolute Gasteiger partial charge is 0.507 e. The molecule has 0 aromatic heterocycles. The Morgan fingerprint density at radius 1 is 1.09 bits per heavy atom. The minimum atomic E-state index is -0.278. The second-order valence-corrected chi connectivity index (χ2v) is 6.67. The fraction of sp³-hybridized carbons (Fsp3) is 0.211. The minimum Gasteiger partial charge on any atom is -0.507 e. The quantitative estimate of drug-likeness (QED) is 0.621. The van der Waals surface area contributed by atoms with E-state index in [1.165, 1.54) is 23.8 Å². The van der Waals surface area contributed by atoms with Gasteiger partial charge in [-0.3, -0.25) is 4.79 Å². The lowest BCUT2D eigenvalue weighted by atomic mass is 9.87. The first-order chi connectivity index (χ1) is 10.3. The van der Waals surface area contributed by atoms with Gasteiger partial charge in [-0.1, -0.05) is 62.7 Å². The second kappa shape index (κ2) is 6.37. The highest BCUT2D eigenvalue weighted by Crippen LogP contribution is 2.24. The Labute approximate surface area is 136 Å². The van der Waals surface area contributed by atoms with Crippen molar-refractivity contribution in [3.8, 4) is 5.75 Å². The predicted octanol–water partition coefficient (Wildman–Crippen LogP) is 5.24. The fourth-order valence-corrected chi connectivity index (χ4v) is 2.23. The minimum absolute atomic E-state index is 0.0675. The van der Waals surface area contributed by atoms with Gasteiger partial charge in [0.05, 0.1) is 5.56 Å². The van der Waals surface area contributed by atoms with Crippen LogP contribution < -0.4 is 0 Å². The predicted molar refractivity (Wildman–Crippen MR) is 91.6 cm³/mol. The molecule has 0 saturated carbocycles. The maximum atomic E-state index is 12.1. The summed E-state index contributed by atoms with van der Waals surface area (Å²) in [7, 11) is 0. The SMILES string of the molecule is CC(C)(C)c1ccc(/C=C/C(=O)c2cc(Cl)ccc2O)cc1. The van der Waals surface area contributed by atoms with Gasteiger partial charge in [0, 0.05) is 5.02 Å². The fourth-order valence-electron chi connectivity index (χ4n) is 2.06. The number of ketones is 1. The zero-order valence-corrected chi connectivity index (χ0v) is 13.7. The first-order valence-electron chi connectivity index (χ1n) is 7.09. The summed E-state index contributed by atoms with van der Waals surface area (Å²) in [6.45, 7) is 6.47. The Morgan fingerprint density at radius 2 is 1.73 bits per heavy atom. The van der Waals surface area contributed by atoms with Crippen LogP contribution in [0.3, 0.4) is 0 Å². The molecule has 2 nitrogen and oxygen atoms in total. The van der Waals surface area contributed by atoms with Crippen molar-refractivity contribution in [3.05, 3.63) is 70.3 Å². The third kappa shape index (κ3) is 3.99. The number of halogens is 1. The number of hydrogen-bond donors (Lipinski definition) is 1. The highest BCUT2D eigenvalue weighted by atomic mass is 35.5. The van der Waals surface area contributed by atoms with Crippen molar-refractivity contribution in [2.75, 3.05) is 0 Å². The maximum Gasteiger partial charge on any atom is 0.189 e. The van der Waals surface area contributed by atoms with E-state index in [9.17, 15) is 9.90 Å². The van der Waals surface area contributed by atoms with E-state index in [-0.39, 0.29) is 22.5 Å². The molecule has 0 amide bonds. The van der Waals surface area contributed by atoms with Crippen LogP contribution in [0.1, 0.15) is 42.3 Å². The monoisotopic (exact) mass is 314 g/mol. The molecule has 0 bridgehead atoms. The standard InChI is InChI=1S/C19H19ClO2/c1-19(2,3)14-7-4-13(5-8-14)6-10-17(21)16-12-15(20)9-11-18(16)22/h4-12,22H,1-3H3/b10-6+. The average molecular weight is 315 g/mol. The van der Waals surface area contributed by atoms with Crippen molar-refractivity contribution in [2.24, 2.45) is 0 Å². The lowest BCUT2D eigenvalue weighted by molar-refractivity contribution is 0.104. The van der Waals surface area contributed by atoms with Crippen molar-refractivity contribution in [1.82, 2.24) is 0 Å². The van der Waals surface area contributed by atoms with Crippen LogP contribution in [0.2, 0.25) is 5.02 Å². The molecule has 1 N–H and O–H groups in total. The molecule has 2 aromatic carbocycles. The van der Waals surface area contributed by atoms with Gasteiger partial charge >= 0.3 is 0 Å². The molecule has 0 saturated heterocycles. The van der Waals surface area contributed by atoms with E-state index in [1.54, 1.807) is 12.1 Å². The van der Waals surface area contributed by atoms with E-state index in [4.69, 9.17) is 11.6 Å². The molecular weight excluding hydrogens is 296 g/mol. The molecule has 0 radical (unpaired) electrons. The second-order valence-electron chi connectivity index (χ2n) is 6.23. The third-order valence-electron chi connectivity index (χ3n) is 3.43. The smallest absolute Gasteiger partial charge is 0.189 e. The van der Waals surface area contributed by atoms with Gasteiger partial charge in [-0.15, -0.1) is 0 Å². The van der Waals surface area contributed by atoms with Crippen LogP contribution in [-0.2, 0) is 5.41 Å². The first kappa shape index (κ1) is 16.3. The normalized spacial score (nSPS) is 11.8. The molecular formula is C19H19ClO2. The van der Waals surface area contributed by atoms with Crippen LogP contribution in [0.4, 0.5) is 0 Å². The van der Waals surface area contributed by atoms with Gasteiger partial charge in [0.1, 0.15) is 5.75 Å². The van der Waals surface area contributed by atoms with Crippen molar-refractivity contribution >= 4 is 23.5 Å². The van der Waals surface area contributed by atoms with Gasteiger partial charge in [-0.2, -0.15) is 0 Å². The summed E-state index contributed by atoms with van der Waals surface area (Å²) in [6.07, 6.45) is 3.17. The maximum absolute atomic E-state index is 12.1. The molecule has 0 aliphatic rings. The number of aromatic hydroxyl groups is 1. The summed E-state index contributed by atoms with van der Waals surface area (Å²) in [5, 5.41) is 10.1. The molecule has 22 heavy (non-hydrogen) atoms. The molecule has 0 spiro atoms. The van der Waals surface area contributed by atoms with Crippen molar-refractivity contribution in [1.29, 1.82) is 0 Å². The number of phenolic OH excluding ortho intramolecular Hbond substituents is 1. The number of hydrogen-bond acceptors (Lipinski definition) is 2. The van der Waals surface area contributed by atoms with E-state index in [2.05, 4.69) is 32.9 Å². The number of phenols is 1. The Balaban J connectivity index is 2.18. The molecule has 0 aliphatic heterocycles. The molecule has 2 aromatic rings. The average Bonchev–Trinajstić information content (AvgIpc) is 2.47. The van der Waals surface area contributed by atoms with Gasteiger partial charge < -0.3 is 5.11 Å². The summed E-state index contributed by atoms with van der Waals surface area (Å²) in [5.41, 5.74) is 2.48. The van der Waals surface area contributed by atoms with Gasteiger partial charge in [-0.05, 0) is 40.8 Å². The van der Waals surface area contributed by atoms with E-state index in [0.717, 1.165) is 5.56 Å². The summed E-state index contributed by atoms with van der Waals surface area (Å²) in [6, 6.07) is 12.5. The van der Waals surface area contributed by atoms with Gasteiger partial charge in [0.25, 0.3) is 0 Å². The zero-order chi connectivity index (χ0) is 16.3. The van der Waals surface area contributed by atoms with Crippen molar-refractivity contribution in [3.63, 3.8) is 0 Å². The highest BCUT2D eigenvalue weighted by molar-refractivity contribution is 6.31. The molecule has 0 atom stereocenters. The molecule has 3 heteroatoms. The van der Waals surface area contributed by atoms with E-state index >= 15 is 0 Å². The summed E-state index contributed by atoms with van der Waals surface area (Å²) in [4.78, 5) is 12.1. The van der Waals surface area contributed by atoms with Gasteiger partial charge in [-0.25, -0.2) is 0 Å². The Bertz CT molecular complexity index is 707. The molecule has 114 valence electrons. The molecule has 2 rings (SSSR count). The highest BCUT2D eigenvalue weighted by Gasteiger charge is 2.12. The number of rotatable bonds is 3. The molecule has 0 unspecified atom stereocenters. The van der Waals surface area contributed by atoms with Crippen molar-refractivity contribution in [2.45, 2.75) is 26.2 Å². The Kier molecular flexibility index (Phi) is 4.72. The Hall–Kier alpha value is -2.06. The summed E-state index contributed by atoms with van der Waals surface area (Å²) < 4.78 is 0. The molecule has 0 heterocycles. The number of allylic oxidation sites excluding steroid dienone is 1. The number of carbonyl (C=O) groups is 1. The van der Waals surface area contributed by atoms with Crippen LogP contribution >= 0.6 is 11.6 Å². The number of carbonyl (C=O) groups excluding carboxylic acids is 1. The third-order valence-corrected chi connectivity index (χ3v) is 3.66. The number of benzene rings is 2. The summed E-state index contributed by atoms with van der Waals surface area (Å²) in [5.74, 6) is -0.345. The van der Waals surface area contributed by atoms with Crippen LogP contribution in [0.25, 0.3) is 6.08 Å². The van der Waals surface area contributed by atoms with E-state index in [0.29, 0.717) is 5.02 Å². The van der Waals surface area contributed by atoms with Gasteiger partial charge in [0.15, 0.2) is 5.78 Å². The topological polar surface area (TPSA) is 37.3 Å². The lowest BCUT2D eigenvalue weighted by Gasteiger charge is -2.18. The Morgan fingerprint density at radius 3 is 2.32 bits per heavy atom. The zero-order valence-electron chi connectivity index (χ0n) is 12.9. The van der Waals surface area contributed by atoms with Crippen molar-refractivity contribution < 1.29 is 9.90 Å². The molecule has 0 fully saturated rings.